The summed E-state index contributed by atoms with van der Waals surface area (Å²) in [5.74, 6) is 0.565. The monoisotopic (exact) mass is 396 g/mol. The summed E-state index contributed by atoms with van der Waals surface area (Å²) >= 11 is 0. The number of benzene rings is 2. The molecule has 1 aliphatic rings. The molecule has 6 heteroatoms. The Morgan fingerprint density at radius 3 is 2.31 bits per heavy atom. The van der Waals surface area contributed by atoms with Crippen LogP contribution in [0.2, 0.25) is 0 Å². The molecule has 0 aliphatic carbocycles. The summed E-state index contributed by atoms with van der Waals surface area (Å²) in [6.07, 6.45) is 0.298. The van der Waals surface area contributed by atoms with Gasteiger partial charge in [-0.05, 0) is 29.2 Å². The number of hydrogen-bond donors (Lipinski definition) is 1. The number of hydrogen-bond acceptors (Lipinski definition) is 4. The van der Waals surface area contributed by atoms with E-state index in [4.69, 9.17) is 9.47 Å². The van der Waals surface area contributed by atoms with Gasteiger partial charge in [0.25, 0.3) is 0 Å². The molecule has 29 heavy (non-hydrogen) atoms. The summed E-state index contributed by atoms with van der Waals surface area (Å²) in [5, 5.41) is 2.96. The largest absolute Gasteiger partial charge is 0.497 e. The predicted molar refractivity (Wildman–Crippen MR) is 111 cm³/mol. The number of carbonyl (C=O) groups is 2. The highest BCUT2D eigenvalue weighted by Gasteiger charge is 2.29. The third kappa shape index (κ3) is 5.57. The quantitative estimate of drug-likeness (QED) is 0.781. The minimum Gasteiger partial charge on any atom is -0.497 e. The van der Waals surface area contributed by atoms with Gasteiger partial charge in [0.1, 0.15) is 11.8 Å². The van der Waals surface area contributed by atoms with Crippen LogP contribution in [0.4, 0.5) is 0 Å². The van der Waals surface area contributed by atoms with Crippen molar-refractivity contribution in [1.82, 2.24) is 10.2 Å². The fourth-order valence-electron chi connectivity index (χ4n) is 3.45. The molecule has 2 aromatic rings. The van der Waals surface area contributed by atoms with E-state index < -0.39 is 6.04 Å². The first kappa shape index (κ1) is 20.9. The lowest BCUT2D eigenvalue weighted by atomic mass is 9.96. The number of ether oxygens (including phenoxy) is 2. The van der Waals surface area contributed by atoms with E-state index in [0.29, 0.717) is 32.7 Å². The summed E-state index contributed by atoms with van der Waals surface area (Å²) in [6.45, 7) is 4.13. The average Bonchev–Trinajstić information content (AvgIpc) is 2.78. The standard InChI is InChI=1S/C23H28N2O4/c1-17(18-8-10-20(28-2)11-9-18)16-21(26)24-22(19-6-4-3-5-7-19)23(27)25-12-14-29-15-13-25/h3-11,17,22H,12-16H2,1-2H3,(H,24,26)/t17?,22-/m0/s1. The van der Waals surface area contributed by atoms with Gasteiger partial charge >= 0.3 is 0 Å². The number of nitrogens with one attached hydrogen (secondary N) is 1. The van der Waals surface area contributed by atoms with Crippen LogP contribution in [0.15, 0.2) is 54.6 Å². The SMILES string of the molecule is COc1ccc(C(C)CC(=O)N[C@H](C(=O)N2CCOCC2)c2ccccc2)cc1. The highest BCUT2D eigenvalue weighted by atomic mass is 16.5. The molecular formula is C23H28N2O4. The van der Waals surface area contributed by atoms with Gasteiger partial charge in [-0.2, -0.15) is 0 Å². The van der Waals surface area contributed by atoms with Crippen molar-refractivity contribution in [2.24, 2.45) is 0 Å². The number of carbonyl (C=O) groups excluding carboxylic acids is 2. The highest BCUT2D eigenvalue weighted by Crippen LogP contribution is 2.23. The first-order valence-electron chi connectivity index (χ1n) is 9.93. The number of nitrogens with zero attached hydrogens (tertiary/aromatic N) is 1. The van der Waals surface area contributed by atoms with Crippen molar-refractivity contribution in [3.63, 3.8) is 0 Å². The molecule has 6 nitrogen and oxygen atoms in total. The molecule has 0 radical (unpaired) electrons. The van der Waals surface area contributed by atoms with E-state index in [1.165, 1.54) is 0 Å². The first-order valence-corrected chi connectivity index (χ1v) is 9.93. The van der Waals surface area contributed by atoms with Crippen molar-refractivity contribution in [1.29, 1.82) is 0 Å². The van der Waals surface area contributed by atoms with Crippen molar-refractivity contribution in [2.75, 3.05) is 33.4 Å². The summed E-state index contributed by atoms with van der Waals surface area (Å²) < 4.78 is 10.5. The summed E-state index contributed by atoms with van der Waals surface area (Å²) in [7, 11) is 1.63. The Labute approximate surface area is 171 Å². The molecule has 0 bridgehead atoms. The maximum absolute atomic E-state index is 13.1. The summed E-state index contributed by atoms with van der Waals surface area (Å²) in [4.78, 5) is 27.7. The normalized spacial score (nSPS) is 16.0. The molecule has 1 heterocycles. The van der Waals surface area contributed by atoms with Gasteiger partial charge in [0.2, 0.25) is 11.8 Å². The maximum Gasteiger partial charge on any atom is 0.249 e. The molecular weight excluding hydrogens is 368 g/mol. The molecule has 0 spiro atoms. The molecule has 1 aliphatic heterocycles. The number of morpholine rings is 1. The molecule has 0 saturated carbocycles. The Morgan fingerprint density at radius 1 is 1.03 bits per heavy atom. The van der Waals surface area contributed by atoms with Crippen molar-refractivity contribution in [3.8, 4) is 5.75 Å². The van der Waals surface area contributed by atoms with Gasteiger partial charge in [-0.3, -0.25) is 9.59 Å². The lowest BCUT2D eigenvalue weighted by Gasteiger charge is -2.31. The third-order valence-corrected chi connectivity index (χ3v) is 5.18. The highest BCUT2D eigenvalue weighted by molar-refractivity contribution is 5.89. The number of methoxy groups -OCH3 is 1. The Bertz CT molecular complexity index is 801. The van der Waals surface area contributed by atoms with Crippen LogP contribution in [0, 0.1) is 0 Å². The minimum atomic E-state index is -0.690. The number of amides is 2. The zero-order valence-electron chi connectivity index (χ0n) is 17.0. The molecule has 1 N–H and O–H groups in total. The van der Waals surface area contributed by atoms with Crippen LogP contribution in [0.1, 0.15) is 36.4 Å². The van der Waals surface area contributed by atoms with Gasteiger partial charge in [0.05, 0.1) is 20.3 Å². The van der Waals surface area contributed by atoms with Crippen LogP contribution < -0.4 is 10.1 Å². The van der Waals surface area contributed by atoms with E-state index in [1.807, 2.05) is 61.5 Å². The molecule has 1 saturated heterocycles. The zero-order chi connectivity index (χ0) is 20.6. The Hall–Kier alpha value is -2.86. The second kappa shape index (κ2) is 10.1. The Morgan fingerprint density at radius 2 is 1.69 bits per heavy atom. The van der Waals surface area contributed by atoms with Gasteiger partial charge in [-0.1, -0.05) is 49.4 Å². The summed E-state index contributed by atoms with van der Waals surface area (Å²) in [6, 6.07) is 16.4. The van der Waals surface area contributed by atoms with Gasteiger partial charge < -0.3 is 19.7 Å². The first-order chi connectivity index (χ1) is 14.1. The lowest BCUT2D eigenvalue weighted by Crippen LogP contribution is -2.47. The van der Waals surface area contributed by atoms with Crippen LogP contribution in [0.3, 0.4) is 0 Å². The molecule has 1 unspecified atom stereocenters. The van der Waals surface area contributed by atoms with Gasteiger partial charge in [-0.15, -0.1) is 0 Å². The second-order valence-electron chi connectivity index (χ2n) is 7.23. The van der Waals surface area contributed by atoms with E-state index in [9.17, 15) is 9.59 Å². The fraction of sp³-hybridized carbons (Fsp3) is 0.391. The van der Waals surface area contributed by atoms with Crippen molar-refractivity contribution < 1.29 is 19.1 Å². The number of rotatable bonds is 7. The van der Waals surface area contributed by atoms with Crippen LogP contribution >= 0.6 is 0 Å². The second-order valence-corrected chi connectivity index (χ2v) is 7.23. The maximum atomic E-state index is 13.1. The average molecular weight is 396 g/mol. The molecule has 0 aromatic heterocycles. The fourth-order valence-corrected chi connectivity index (χ4v) is 3.45. The Kier molecular flexibility index (Phi) is 7.25. The van der Waals surface area contributed by atoms with Gasteiger partial charge in [0.15, 0.2) is 0 Å². The van der Waals surface area contributed by atoms with Crippen LogP contribution in [-0.2, 0) is 14.3 Å². The minimum absolute atomic E-state index is 0.0239. The predicted octanol–water partition coefficient (Wildman–Crippen LogP) is 2.91. The molecule has 2 amide bonds. The topological polar surface area (TPSA) is 67.9 Å². The van der Waals surface area contributed by atoms with Crippen molar-refractivity contribution in [3.05, 3.63) is 65.7 Å². The molecule has 2 aromatic carbocycles. The van der Waals surface area contributed by atoms with Crippen LogP contribution in [0.5, 0.6) is 5.75 Å². The van der Waals surface area contributed by atoms with Crippen LogP contribution in [-0.4, -0.2) is 50.1 Å². The van der Waals surface area contributed by atoms with Gasteiger partial charge in [0, 0.05) is 19.5 Å². The van der Waals surface area contributed by atoms with Crippen LogP contribution in [0.25, 0.3) is 0 Å². The van der Waals surface area contributed by atoms with E-state index in [0.717, 1.165) is 16.9 Å². The Balaban J connectivity index is 1.69. The molecule has 154 valence electrons. The molecule has 1 fully saturated rings. The smallest absolute Gasteiger partial charge is 0.249 e. The van der Waals surface area contributed by atoms with E-state index in [1.54, 1.807) is 12.0 Å². The van der Waals surface area contributed by atoms with Crippen molar-refractivity contribution >= 4 is 11.8 Å². The molecule has 3 rings (SSSR count). The third-order valence-electron chi connectivity index (χ3n) is 5.18. The van der Waals surface area contributed by atoms with Gasteiger partial charge in [-0.25, -0.2) is 0 Å². The molecule has 2 atom stereocenters. The van der Waals surface area contributed by atoms with E-state index in [2.05, 4.69) is 5.32 Å². The zero-order valence-corrected chi connectivity index (χ0v) is 17.0. The van der Waals surface area contributed by atoms with E-state index in [-0.39, 0.29) is 17.7 Å². The van der Waals surface area contributed by atoms with E-state index >= 15 is 0 Å². The summed E-state index contributed by atoms with van der Waals surface area (Å²) in [5.41, 5.74) is 1.84. The van der Waals surface area contributed by atoms with Crippen molar-refractivity contribution in [2.45, 2.75) is 25.3 Å². The lowest BCUT2D eigenvalue weighted by molar-refractivity contribution is -0.140.